The summed E-state index contributed by atoms with van der Waals surface area (Å²) < 4.78 is 29.1. The summed E-state index contributed by atoms with van der Waals surface area (Å²) in [6.45, 7) is 1.54. The van der Waals surface area contributed by atoms with Crippen LogP contribution in [0.1, 0.15) is 12.5 Å². The van der Waals surface area contributed by atoms with Gasteiger partial charge in [0.2, 0.25) is 17.7 Å². The number of carbonyl (C=O) groups is 3. The summed E-state index contributed by atoms with van der Waals surface area (Å²) in [6, 6.07) is 7.12. The van der Waals surface area contributed by atoms with E-state index in [0.29, 0.717) is 5.82 Å². The smallest absolute Gasteiger partial charge is 0.280 e. The third kappa shape index (κ3) is 6.95. The van der Waals surface area contributed by atoms with Gasteiger partial charge >= 0.3 is 0 Å². The van der Waals surface area contributed by atoms with Crippen molar-refractivity contribution in [1.29, 1.82) is 0 Å². The van der Waals surface area contributed by atoms with Crippen LogP contribution in [0.3, 0.4) is 0 Å². The van der Waals surface area contributed by atoms with E-state index in [4.69, 9.17) is 5.73 Å². The molecule has 12 nitrogen and oxygen atoms in total. The summed E-state index contributed by atoms with van der Waals surface area (Å²) in [6.07, 6.45) is 0.0845. The molecule has 0 spiro atoms. The Balaban J connectivity index is 1.75. The zero-order valence-corrected chi connectivity index (χ0v) is 19.4. The number of carbonyl (C=O) groups excluding carboxylic acids is 3. The fourth-order valence-electron chi connectivity index (χ4n) is 3.00. The van der Waals surface area contributed by atoms with Crippen LogP contribution >= 0.6 is 11.3 Å². The van der Waals surface area contributed by atoms with E-state index in [1.165, 1.54) is 0 Å². The first-order valence-electron chi connectivity index (χ1n) is 10.0. The first kappa shape index (κ1) is 24.6. The molecular weight excluding hydrogens is 470 g/mol. The van der Waals surface area contributed by atoms with Gasteiger partial charge in [0.25, 0.3) is 10.2 Å². The van der Waals surface area contributed by atoms with Gasteiger partial charge < -0.3 is 21.7 Å². The van der Waals surface area contributed by atoms with Crippen molar-refractivity contribution in [2.24, 2.45) is 5.73 Å². The number of anilines is 2. The molecule has 1 fully saturated rings. The van der Waals surface area contributed by atoms with E-state index in [0.717, 1.165) is 21.2 Å². The third-order valence-electron chi connectivity index (χ3n) is 4.76. The summed E-state index contributed by atoms with van der Waals surface area (Å²) in [5.41, 5.74) is 5.97. The zero-order chi connectivity index (χ0) is 24.0. The number of rotatable bonds is 10. The van der Waals surface area contributed by atoms with Gasteiger partial charge in [-0.3, -0.25) is 14.4 Å². The van der Waals surface area contributed by atoms with Crippen LogP contribution in [0.25, 0.3) is 0 Å². The quantitative estimate of drug-likeness (QED) is 0.288. The Hall–Kier alpha value is -3.07. The molecule has 1 saturated heterocycles. The van der Waals surface area contributed by atoms with Gasteiger partial charge in [-0.1, -0.05) is 30.3 Å². The molecule has 0 unspecified atom stereocenters. The number of nitrogens with zero attached hydrogens (tertiary/aromatic N) is 2. The van der Waals surface area contributed by atoms with E-state index in [1.54, 1.807) is 36.6 Å². The minimum absolute atomic E-state index is 0.0845. The lowest BCUT2D eigenvalue weighted by Crippen LogP contribution is -2.56. The maximum atomic E-state index is 13.0. The van der Waals surface area contributed by atoms with Crippen molar-refractivity contribution in [2.75, 3.05) is 30.3 Å². The summed E-state index contributed by atoms with van der Waals surface area (Å²) in [5, 5.41) is 9.79. The second-order valence-electron chi connectivity index (χ2n) is 7.34. The molecule has 2 heterocycles. The van der Waals surface area contributed by atoms with E-state index in [2.05, 4.69) is 25.7 Å². The highest BCUT2D eigenvalue weighted by Gasteiger charge is 2.32. The monoisotopic (exact) mass is 495 g/mol. The van der Waals surface area contributed by atoms with Gasteiger partial charge in [0.15, 0.2) is 5.13 Å². The minimum atomic E-state index is -4.11. The van der Waals surface area contributed by atoms with Crippen LogP contribution in [0.15, 0.2) is 35.7 Å². The predicted octanol–water partition coefficient (Wildman–Crippen LogP) is -0.755. The van der Waals surface area contributed by atoms with Crippen molar-refractivity contribution in [3.63, 3.8) is 0 Å². The molecule has 14 heteroatoms. The second kappa shape index (κ2) is 10.7. The van der Waals surface area contributed by atoms with Crippen molar-refractivity contribution in [2.45, 2.75) is 25.4 Å². The van der Waals surface area contributed by atoms with E-state index in [1.807, 2.05) is 6.07 Å². The average molecular weight is 496 g/mol. The minimum Gasteiger partial charge on any atom is -0.368 e. The second-order valence-corrected chi connectivity index (χ2v) is 9.90. The molecule has 0 radical (unpaired) electrons. The Bertz CT molecular complexity index is 1110. The standard InChI is InChI=1S/C19H25N7O5S2/c1-12(17(20)28)22-15-11-32-19(23-15)24-18(29)14(9-13-5-3-2-4-6-13)25-33(30,31)26-8-7-21-16(27)10-26/h2-6,11-12,14,22,25H,7-10H2,1H3,(H2,20,28)(H,21,27)(H,23,24,29)/t12-,14-/m0/s1. The lowest BCUT2D eigenvalue weighted by Gasteiger charge is -2.28. The molecule has 0 saturated carbocycles. The molecule has 3 amide bonds. The van der Waals surface area contributed by atoms with Gasteiger partial charge in [-0.2, -0.15) is 17.4 Å². The predicted molar refractivity (Wildman–Crippen MR) is 124 cm³/mol. The van der Waals surface area contributed by atoms with Gasteiger partial charge in [0, 0.05) is 18.5 Å². The number of amides is 3. The maximum Gasteiger partial charge on any atom is 0.280 e. The number of primary amides is 1. The zero-order valence-electron chi connectivity index (χ0n) is 17.8. The summed E-state index contributed by atoms with van der Waals surface area (Å²) in [5.74, 6) is -1.24. The molecule has 3 rings (SSSR count). The molecule has 33 heavy (non-hydrogen) atoms. The van der Waals surface area contributed by atoms with Gasteiger partial charge in [-0.25, -0.2) is 4.98 Å². The van der Waals surface area contributed by atoms with Crippen molar-refractivity contribution >= 4 is 50.2 Å². The first-order chi connectivity index (χ1) is 15.6. The molecule has 1 aliphatic rings. The highest BCUT2D eigenvalue weighted by molar-refractivity contribution is 7.87. The van der Waals surface area contributed by atoms with Crippen LogP contribution < -0.4 is 26.4 Å². The number of piperazine rings is 1. The topological polar surface area (TPSA) is 176 Å². The maximum absolute atomic E-state index is 13.0. The molecule has 2 atom stereocenters. The number of aromatic nitrogens is 1. The Kier molecular flexibility index (Phi) is 7.97. The molecule has 1 aromatic carbocycles. The molecule has 2 aromatic rings. The highest BCUT2D eigenvalue weighted by atomic mass is 32.2. The molecule has 0 aliphatic carbocycles. The van der Waals surface area contributed by atoms with Crippen molar-refractivity contribution in [3.05, 3.63) is 41.3 Å². The summed E-state index contributed by atoms with van der Waals surface area (Å²) in [7, 11) is -4.11. The summed E-state index contributed by atoms with van der Waals surface area (Å²) in [4.78, 5) is 40.0. The van der Waals surface area contributed by atoms with E-state index < -0.39 is 40.0 Å². The Morgan fingerprint density at radius 2 is 2.03 bits per heavy atom. The van der Waals surface area contributed by atoms with Crippen molar-refractivity contribution in [1.82, 2.24) is 19.3 Å². The van der Waals surface area contributed by atoms with E-state index >= 15 is 0 Å². The molecule has 1 aromatic heterocycles. The number of nitrogens with two attached hydrogens (primary N) is 1. The Labute approximate surface area is 195 Å². The third-order valence-corrected chi connectivity index (χ3v) is 7.09. The molecule has 1 aliphatic heterocycles. The van der Waals surface area contributed by atoms with Gasteiger partial charge in [-0.15, -0.1) is 11.3 Å². The number of nitrogens with one attached hydrogen (secondary N) is 4. The fourth-order valence-corrected chi connectivity index (χ4v) is 4.97. The number of thiazole rings is 1. The fraction of sp³-hybridized carbons (Fsp3) is 0.368. The normalized spacial score (nSPS) is 16.5. The van der Waals surface area contributed by atoms with Gasteiger partial charge in [0.1, 0.15) is 17.9 Å². The Morgan fingerprint density at radius 3 is 2.70 bits per heavy atom. The SMILES string of the molecule is C[C@H](Nc1csc(NC(=O)[C@H](Cc2ccccc2)NS(=O)(=O)N2CCNC(=O)C2)n1)C(N)=O. The lowest BCUT2D eigenvalue weighted by molar-refractivity contribution is -0.122. The van der Waals surface area contributed by atoms with Crippen LogP contribution in [-0.2, 0) is 31.0 Å². The summed E-state index contributed by atoms with van der Waals surface area (Å²) >= 11 is 1.10. The average Bonchev–Trinajstić information content (AvgIpc) is 3.20. The first-order valence-corrected chi connectivity index (χ1v) is 12.4. The van der Waals surface area contributed by atoms with E-state index in [9.17, 15) is 22.8 Å². The number of benzene rings is 1. The number of hydrogen-bond acceptors (Lipinski definition) is 8. The van der Waals surface area contributed by atoms with E-state index in [-0.39, 0.29) is 31.2 Å². The molecular formula is C19H25N7O5S2. The largest absolute Gasteiger partial charge is 0.368 e. The van der Waals surface area contributed by atoms with Crippen LogP contribution in [0.4, 0.5) is 10.9 Å². The molecule has 0 bridgehead atoms. The number of hydrogen-bond donors (Lipinski definition) is 5. The molecule has 178 valence electrons. The molecule has 6 N–H and O–H groups in total. The van der Waals surface area contributed by atoms with Crippen molar-refractivity contribution < 1.29 is 22.8 Å². The van der Waals surface area contributed by atoms with Crippen molar-refractivity contribution in [3.8, 4) is 0 Å². The highest BCUT2D eigenvalue weighted by Crippen LogP contribution is 2.20. The van der Waals surface area contributed by atoms with Gasteiger partial charge in [0.05, 0.1) is 6.54 Å². The van der Waals surface area contributed by atoms with Crippen LogP contribution in [0.5, 0.6) is 0 Å². The van der Waals surface area contributed by atoms with Crippen LogP contribution in [0, 0.1) is 0 Å². The van der Waals surface area contributed by atoms with Gasteiger partial charge in [-0.05, 0) is 18.9 Å². The van der Waals surface area contributed by atoms with Crippen LogP contribution in [0.2, 0.25) is 0 Å². The Morgan fingerprint density at radius 1 is 1.30 bits per heavy atom. The van der Waals surface area contributed by atoms with Crippen LogP contribution in [-0.4, -0.2) is 67.1 Å². The lowest BCUT2D eigenvalue weighted by atomic mass is 10.1.